The first-order valence-corrected chi connectivity index (χ1v) is 6.28. The summed E-state index contributed by atoms with van der Waals surface area (Å²) in [5, 5.41) is 7.90. The minimum Gasteiger partial charge on any atom is -0.309 e. The van der Waals surface area contributed by atoms with E-state index in [0.29, 0.717) is 0 Å². The largest absolute Gasteiger partial charge is 0.309 e. The quantitative estimate of drug-likeness (QED) is 0.860. The minimum atomic E-state index is 0.284. The van der Waals surface area contributed by atoms with E-state index in [1.54, 1.807) is 11.3 Å². The second-order valence-electron chi connectivity index (χ2n) is 3.70. The number of nitrogens with one attached hydrogen (secondary N) is 1. The molecule has 0 radical (unpaired) electrons. The second-order valence-corrected chi connectivity index (χ2v) is 4.67. The van der Waals surface area contributed by atoms with Crippen molar-refractivity contribution in [2.24, 2.45) is 7.05 Å². The maximum atomic E-state index is 4.45. The first-order chi connectivity index (χ1) is 7.79. The van der Waals surface area contributed by atoms with Gasteiger partial charge in [0.1, 0.15) is 0 Å². The highest BCUT2D eigenvalue weighted by molar-refractivity contribution is 7.09. The van der Waals surface area contributed by atoms with Gasteiger partial charge >= 0.3 is 0 Å². The number of aryl methyl sites for hydroxylation is 1. The first-order valence-electron chi connectivity index (χ1n) is 5.40. The summed E-state index contributed by atoms with van der Waals surface area (Å²) in [6.07, 6.45) is 4.86. The lowest BCUT2D eigenvalue weighted by atomic mass is 10.1. The maximum absolute atomic E-state index is 4.45. The zero-order valence-electron chi connectivity index (χ0n) is 9.55. The molecule has 0 saturated heterocycles. The molecular weight excluding hydrogens is 220 g/mol. The van der Waals surface area contributed by atoms with Crippen LogP contribution in [0.3, 0.4) is 0 Å². The van der Waals surface area contributed by atoms with Crippen molar-refractivity contribution in [3.05, 3.63) is 34.5 Å². The molecule has 0 bridgehead atoms. The predicted octanol–water partition coefficient (Wildman–Crippen LogP) is 1.77. The number of hydrogen-bond acceptors (Lipinski definition) is 4. The number of aromatic nitrogens is 3. The molecule has 2 heterocycles. The molecule has 0 aliphatic carbocycles. The lowest BCUT2D eigenvalue weighted by Gasteiger charge is -2.14. The summed E-state index contributed by atoms with van der Waals surface area (Å²) in [6.45, 7) is 3.06. The van der Waals surface area contributed by atoms with Gasteiger partial charge in [0.05, 0.1) is 17.2 Å². The molecular formula is C11H16N4S. The molecule has 1 unspecified atom stereocenters. The molecule has 0 fully saturated rings. The Morgan fingerprint density at radius 3 is 3.00 bits per heavy atom. The molecule has 4 nitrogen and oxygen atoms in total. The number of rotatable bonds is 5. The Labute approximate surface area is 99.3 Å². The van der Waals surface area contributed by atoms with E-state index in [9.17, 15) is 0 Å². The topological polar surface area (TPSA) is 42.7 Å². The SMILES string of the molecule is CCNC(Cc1cncs1)c1ccn(C)n1. The average Bonchev–Trinajstić information content (AvgIpc) is 2.88. The predicted molar refractivity (Wildman–Crippen MR) is 65.4 cm³/mol. The first kappa shape index (κ1) is 11.3. The fraction of sp³-hybridized carbons (Fsp3) is 0.455. The van der Waals surface area contributed by atoms with Gasteiger partial charge in [0.25, 0.3) is 0 Å². The zero-order valence-corrected chi connectivity index (χ0v) is 10.4. The van der Waals surface area contributed by atoms with Gasteiger partial charge in [0, 0.05) is 30.7 Å². The van der Waals surface area contributed by atoms with Crippen LogP contribution in [0.4, 0.5) is 0 Å². The normalized spacial score (nSPS) is 12.9. The molecule has 1 N–H and O–H groups in total. The molecule has 0 aromatic carbocycles. The van der Waals surface area contributed by atoms with E-state index >= 15 is 0 Å². The lowest BCUT2D eigenvalue weighted by molar-refractivity contribution is 0.530. The molecule has 2 aromatic rings. The third kappa shape index (κ3) is 2.68. The highest BCUT2D eigenvalue weighted by atomic mass is 32.1. The summed E-state index contributed by atoms with van der Waals surface area (Å²) in [7, 11) is 1.94. The van der Waals surface area contributed by atoms with Crippen LogP contribution in [0.25, 0.3) is 0 Å². The van der Waals surface area contributed by atoms with Crippen molar-refractivity contribution in [1.82, 2.24) is 20.1 Å². The summed E-state index contributed by atoms with van der Waals surface area (Å²) in [6, 6.07) is 2.35. The van der Waals surface area contributed by atoms with Crippen LogP contribution in [0.5, 0.6) is 0 Å². The zero-order chi connectivity index (χ0) is 11.4. The molecule has 5 heteroatoms. The van der Waals surface area contributed by atoms with Gasteiger partial charge in [-0.05, 0) is 12.6 Å². The Morgan fingerprint density at radius 1 is 1.56 bits per heavy atom. The Kier molecular flexibility index (Phi) is 3.69. The third-order valence-electron chi connectivity index (χ3n) is 2.43. The fourth-order valence-electron chi connectivity index (χ4n) is 1.69. The van der Waals surface area contributed by atoms with Crippen molar-refractivity contribution in [2.75, 3.05) is 6.54 Å². The van der Waals surface area contributed by atoms with E-state index in [1.165, 1.54) is 4.88 Å². The number of hydrogen-bond donors (Lipinski definition) is 1. The molecule has 0 saturated carbocycles. The van der Waals surface area contributed by atoms with Crippen molar-refractivity contribution in [3.63, 3.8) is 0 Å². The summed E-state index contributed by atoms with van der Waals surface area (Å²) in [4.78, 5) is 5.39. The Balaban J connectivity index is 2.11. The van der Waals surface area contributed by atoms with Crippen LogP contribution >= 0.6 is 11.3 Å². The van der Waals surface area contributed by atoms with Gasteiger partial charge in [0.15, 0.2) is 0 Å². The third-order valence-corrected chi connectivity index (χ3v) is 3.23. The molecule has 2 rings (SSSR count). The molecule has 16 heavy (non-hydrogen) atoms. The van der Waals surface area contributed by atoms with Crippen molar-refractivity contribution in [2.45, 2.75) is 19.4 Å². The fourth-order valence-corrected chi connectivity index (χ4v) is 2.33. The summed E-state index contributed by atoms with van der Waals surface area (Å²) >= 11 is 1.69. The van der Waals surface area contributed by atoms with Crippen molar-refractivity contribution in [3.8, 4) is 0 Å². The molecule has 0 spiro atoms. The van der Waals surface area contributed by atoms with E-state index < -0.39 is 0 Å². The molecule has 0 aliphatic rings. The lowest BCUT2D eigenvalue weighted by Crippen LogP contribution is -2.23. The Bertz CT molecular complexity index is 421. The standard InChI is InChI=1S/C11H16N4S/c1-3-13-11(6-9-7-12-8-16-9)10-4-5-15(2)14-10/h4-5,7-8,11,13H,3,6H2,1-2H3. The van der Waals surface area contributed by atoms with Crippen molar-refractivity contribution >= 4 is 11.3 Å². The highest BCUT2D eigenvalue weighted by Crippen LogP contribution is 2.18. The number of nitrogens with zero attached hydrogens (tertiary/aromatic N) is 3. The molecule has 1 atom stereocenters. The van der Waals surface area contributed by atoms with Crippen molar-refractivity contribution in [1.29, 1.82) is 0 Å². The van der Waals surface area contributed by atoms with E-state index in [1.807, 2.05) is 29.6 Å². The van der Waals surface area contributed by atoms with Gasteiger partial charge in [-0.25, -0.2) is 0 Å². The van der Waals surface area contributed by atoms with Crippen LogP contribution in [-0.4, -0.2) is 21.3 Å². The van der Waals surface area contributed by atoms with Crippen LogP contribution in [0.15, 0.2) is 24.0 Å². The highest BCUT2D eigenvalue weighted by Gasteiger charge is 2.14. The van der Waals surface area contributed by atoms with E-state index in [0.717, 1.165) is 18.7 Å². The van der Waals surface area contributed by atoms with Crippen LogP contribution in [-0.2, 0) is 13.5 Å². The van der Waals surface area contributed by atoms with Crippen LogP contribution in [0, 0.1) is 0 Å². The Hall–Kier alpha value is -1.20. The monoisotopic (exact) mass is 236 g/mol. The average molecular weight is 236 g/mol. The maximum Gasteiger partial charge on any atom is 0.0797 e. The number of likely N-dealkylation sites (N-methyl/N-ethyl adjacent to an activating group) is 1. The Morgan fingerprint density at radius 2 is 2.44 bits per heavy atom. The second kappa shape index (κ2) is 5.23. The molecule has 86 valence electrons. The van der Waals surface area contributed by atoms with Gasteiger partial charge in [-0.1, -0.05) is 6.92 Å². The van der Waals surface area contributed by atoms with Gasteiger partial charge < -0.3 is 5.32 Å². The van der Waals surface area contributed by atoms with E-state index in [-0.39, 0.29) is 6.04 Å². The minimum absolute atomic E-state index is 0.284. The van der Waals surface area contributed by atoms with Gasteiger partial charge in [0.2, 0.25) is 0 Å². The van der Waals surface area contributed by atoms with Gasteiger partial charge in [-0.15, -0.1) is 11.3 Å². The van der Waals surface area contributed by atoms with E-state index in [4.69, 9.17) is 0 Å². The smallest absolute Gasteiger partial charge is 0.0797 e. The molecule has 2 aromatic heterocycles. The van der Waals surface area contributed by atoms with E-state index in [2.05, 4.69) is 28.4 Å². The molecule has 0 amide bonds. The van der Waals surface area contributed by atoms with Crippen LogP contribution in [0.1, 0.15) is 23.5 Å². The summed E-state index contributed by atoms with van der Waals surface area (Å²) in [5.41, 5.74) is 2.97. The van der Waals surface area contributed by atoms with Gasteiger partial charge in [-0.3, -0.25) is 9.67 Å². The summed E-state index contributed by atoms with van der Waals surface area (Å²) in [5.74, 6) is 0. The number of thiazole rings is 1. The summed E-state index contributed by atoms with van der Waals surface area (Å²) < 4.78 is 1.84. The molecule has 0 aliphatic heterocycles. The van der Waals surface area contributed by atoms with Crippen molar-refractivity contribution < 1.29 is 0 Å². The van der Waals surface area contributed by atoms with Crippen LogP contribution < -0.4 is 5.32 Å². The van der Waals surface area contributed by atoms with Gasteiger partial charge in [-0.2, -0.15) is 5.10 Å². The van der Waals surface area contributed by atoms with Crippen LogP contribution in [0.2, 0.25) is 0 Å².